The van der Waals surface area contributed by atoms with E-state index < -0.39 is 6.04 Å². The van der Waals surface area contributed by atoms with E-state index in [1.54, 1.807) is 11.8 Å². The van der Waals surface area contributed by atoms with Gasteiger partial charge in [-0.05, 0) is 12.5 Å². The van der Waals surface area contributed by atoms with Gasteiger partial charge in [-0.2, -0.15) is 0 Å². The van der Waals surface area contributed by atoms with Crippen LogP contribution in [0, 0.1) is 0 Å². The first kappa shape index (κ1) is 11.6. The molecule has 90 valence electrons. The summed E-state index contributed by atoms with van der Waals surface area (Å²) in [4.78, 5) is 25.1. The largest absolute Gasteiger partial charge is 0.345 e. The van der Waals surface area contributed by atoms with Crippen LogP contribution in [0.1, 0.15) is 18.9 Å². The van der Waals surface area contributed by atoms with Crippen molar-refractivity contribution in [2.24, 2.45) is 0 Å². The first-order valence-electron chi connectivity index (χ1n) is 5.79. The Labute approximate surface area is 101 Å². The Kier molecular flexibility index (Phi) is 3.42. The van der Waals surface area contributed by atoms with Gasteiger partial charge in [-0.1, -0.05) is 30.3 Å². The van der Waals surface area contributed by atoms with E-state index in [0.29, 0.717) is 19.5 Å². The van der Waals surface area contributed by atoms with E-state index >= 15 is 0 Å². The number of nitrogens with zero attached hydrogens (tertiary/aromatic N) is 1. The number of hydrogen-bond donors (Lipinski definition) is 1. The molecule has 1 aromatic carbocycles. The van der Waals surface area contributed by atoms with Crippen LogP contribution in [-0.4, -0.2) is 29.3 Å². The lowest BCUT2D eigenvalue weighted by molar-refractivity contribution is -0.133. The molecule has 1 aliphatic rings. The van der Waals surface area contributed by atoms with Crippen molar-refractivity contribution in [3.05, 3.63) is 35.9 Å². The highest BCUT2D eigenvalue weighted by Crippen LogP contribution is 2.09. The minimum absolute atomic E-state index is 0.0142. The standard InChI is InChI=1S/C13H16N2O2/c1-10-13(17)15(8-7-12(16)14-10)9-11-5-3-2-4-6-11/h2-6,10H,7-9H2,1H3,(H,14,16). The SMILES string of the molecule is CC1NC(=O)CCN(Cc2ccccc2)C1=O. The third-order valence-corrected chi connectivity index (χ3v) is 2.88. The molecule has 1 N–H and O–H groups in total. The smallest absolute Gasteiger partial charge is 0.245 e. The zero-order valence-electron chi connectivity index (χ0n) is 9.85. The van der Waals surface area contributed by atoms with E-state index in [9.17, 15) is 9.59 Å². The molecule has 0 saturated carbocycles. The summed E-state index contributed by atoms with van der Waals surface area (Å²) >= 11 is 0. The van der Waals surface area contributed by atoms with Crippen LogP contribution < -0.4 is 5.32 Å². The van der Waals surface area contributed by atoms with Gasteiger partial charge in [0.15, 0.2) is 0 Å². The Bertz CT molecular complexity index is 417. The van der Waals surface area contributed by atoms with Crippen molar-refractivity contribution in [3.8, 4) is 0 Å². The maximum absolute atomic E-state index is 12.0. The van der Waals surface area contributed by atoms with E-state index in [4.69, 9.17) is 0 Å². The number of hydrogen-bond acceptors (Lipinski definition) is 2. The molecular weight excluding hydrogens is 216 g/mol. The zero-order chi connectivity index (χ0) is 12.3. The Morgan fingerprint density at radius 3 is 2.71 bits per heavy atom. The molecule has 0 aromatic heterocycles. The number of nitrogens with one attached hydrogen (secondary N) is 1. The average molecular weight is 232 g/mol. The van der Waals surface area contributed by atoms with Crippen molar-refractivity contribution in [1.82, 2.24) is 10.2 Å². The summed E-state index contributed by atoms with van der Waals surface area (Å²) in [7, 11) is 0. The fourth-order valence-electron chi connectivity index (χ4n) is 1.96. The summed E-state index contributed by atoms with van der Waals surface area (Å²) in [6, 6.07) is 9.39. The molecule has 1 aromatic rings. The molecule has 4 nitrogen and oxygen atoms in total. The monoisotopic (exact) mass is 232 g/mol. The molecular formula is C13H16N2O2. The fourth-order valence-corrected chi connectivity index (χ4v) is 1.96. The highest BCUT2D eigenvalue weighted by atomic mass is 16.2. The molecule has 2 amide bonds. The van der Waals surface area contributed by atoms with Gasteiger partial charge in [-0.25, -0.2) is 0 Å². The van der Waals surface area contributed by atoms with E-state index in [2.05, 4.69) is 5.32 Å². The summed E-state index contributed by atoms with van der Waals surface area (Å²) in [5.41, 5.74) is 1.09. The quantitative estimate of drug-likeness (QED) is 0.824. The second kappa shape index (κ2) is 4.99. The highest BCUT2D eigenvalue weighted by molar-refractivity contribution is 5.89. The van der Waals surface area contributed by atoms with Crippen molar-refractivity contribution in [1.29, 1.82) is 0 Å². The third kappa shape index (κ3) is 2.84. The van der Waals surface area contributed by atoms with Gasteiger partial charge in [0.25, 0.3) is 0 Å². The normalized spacial score (nSPS) is 21.0. The molecule has 0 bridgehead atoms. The number of benzene rings is 1. The van der Waals surface area contributed by atoms with Crippen molar-refractivity contribution in [2.45, 2.75) is 25.9 Å². The van der Waals surface area contributed by atoms with Gasteiger partial charge >= 0.3 is 0 Å². The van der Waals surface area contributed by atoms with Gasteiger partial charge in [0.1, 0.15) is 6.04 Å². The first-order chi connectivity index (χ1) is 8.16. The molecule has 1 atom stereocenters. The molecule has 0 spiro atoms. The van der Waals surface area contributed by atoms with Crippen LogP contribution in [0.5, 0.6) is 0 Å². The summed E-state index contributed by atoms with van der Waals surface area (Å²) in [5, 5.41) is 2.68. The number of rotatable bonds is 2. The lowest BCUT2D eigenvalue weighted by Crippen LogP contribution is -2.42. The lowest BCUT2D eigenvalue weighted by Gasteiger charge is -2.22. The maximum Gasteiger partial charge on any atom is 0.245 e. The number of amides is 2. The fraction of sp³-hybridized carbons (Fsp3) is 0.385. The van der Waals surface area contributed by atoms with Gasteiger partial charge < -0.3 is 10.2 Å². The van der Waals surface area contributed by atoms with E-state index in [1.807, 2.05) is 30.3 Å². The lowest BCUT2D eigenvalue weighted by atomic mass is 10.2. The van der Waals surface area contributed by atoms with Crippen molar-refractivity contribution >= 4 is 11.8 Å². The van der Waals surface area contributed by atoms with Crippen LogP contribution in [-0.2, 0) is 16.1 Å². The molecule has 4 heteroatoms. The zero-order valence-corrected chi connectivity index (χ0v) is 9.85. The Balaban J connectivity index is 2.09. The van der Waals surface area contributed by atoms with Crippen molar-refractivity contribution in [3.63, 3.8) is 0 Å². The molecule has 17 heavy (non-hydrogen) atoms. The van der Waals surface area contributed by atoms with Crippen LogP contribution in [0.3, 0.4) is 0 Å². The van der Waals surface area contributed by atoms with Crippen molar-refractivity contribution in [2.75, 3.05) is 6.54 Å². The average Bonchev–Trinajstić information content (AvgIpc) is 2.44. The summed E-state index contributed by atoms with van der Waals surface area (Å²) in [6.07, 6.45) is 0.378. The van der Waals surface area contributed by atoms with Crippen LogP contribution in [0.2, 0.25) is 0 Å². The van der Waals surface area contributed by atoms with Crippen molar-refractivity contribution < 1.29 is 9.59 Å². The van der Waals surface area contributed by atoms with E-state index in [-0.39, 0.29) is 11.8 Å². The van der Waals surface area contributed by atoms with Gasteiger partial charge in [0.2, 0.25) is 11.8 Å². The second-order valence-corrected chi connectivity index (χ2v) is 4.28. The molecule has 0 aliphatic carbocycles. The maximum atomic E-state index is 12.0. The summed E-state index contributed by atoms with van der Waals surface area (Å²) in [5.74, 6) is -0.0684. The Hall–Kier alpha value is -1.84. The van der Waals surface area contributed by atoms with Gasteiger partial charge in [-0.15, -0.1) is 0 Å². The van der Waals surface area contributed by atoms with Crippen LogP contribution >= 0.6 is 0 Å². The Morgan fingerprint density at radius 1 is 1.29 bits per heavy atom. The molecule has 2 rings (SSSR count). The minimum Gasteiger partial charge on any atom is -0.345 e. The minimum atomic E-state index is -0.422. The highest BCUT2D eigenvalue weighted by Gasteiger charge is 2.26. The van der Waals surface area contributed by atoms with Gasteiger partial charge in [0, 0.05) is 19.5 Å². The van der Waals surface area contributed by atoms with Crippen LogP contribution in [0.25, 0.3) is 0 Å². The van der Waals surface area contributed by atoms with Gasteiger partial charge in [-0.3, -0.25) is 9.59 Å². The third-order valence-electron chi connectivity index (χ3n) is 2.88. The molecule has 0 radical (unpaired) electrons. The number of carbonyl (C=O) groups excluding carboxylic acids is 2. The molecule has 1 unspecified atom stereocenters. The molecule has 1 fully saturated rings. The van der Waals surface area contributed by atoms with Crippen LogP contribution in [0.15, 0.2) is 30.3 Å². The summed E-state index contributed by atoms with van der Waals surface area (Å²) in [6.45, 7) is 2.78. The van der Waals surface area contributed by atoms with Crippen LogP contribution in [0.4, 0.5) is 0 Å². The predicted octanol–water partition coefficient (Wildman–Crippen LogP) is 0.924. The molecule has 1 heterocycles. The number of carbonyl (C=O) groups is 2. The second-order valence-electron chi connectivity index (χ2n) is 4.28. The molecule has 1 saturated heterocycles. The van der Waals surface area contributed by atoms with Gasteiger partial charge in [0.05, 0.1) is 0 Å². The summed E-state index contributed by atoms with van der Waals surface area (Å²) < 4.78 is 0. The first-order valence-corrected chi connectivity index (χ1v) is 5.79. The molecule has 1 aliphatic heterocycles. The Morgan fingerprint density at radius 2 is 2.00 bits per heavy atom. The van der Waals surface area contributed by atoms with E-state index in [0.717, 1.165) is 5.56 Å². The predicted molar refractivity (Wildman–Crippen MR) is 64.1 cm³/mol. The topological polar surface area (TPSA) is 49.4 Å². The van der Waals surface area contributed by atoms with E-state index in [1.165, 1.54) is 0 Å².